The highest BCUT2D eigenvalue weighted by Gasteiger charge is 2.38. The monoisotopic (exact) mass is 268 g/mol. The van der Waals surface area contributed by atoms with Gasteiger partial charge in [0.05, 0.1) is 0 Å². The van der Waals surface area contributed by atoms with Crippen LogP contribution in [0.3, 0.4) is 0 Å². The largest absolute Gasteiger partial charge is 0.312 e. The van der Waals surface area contributed by atoms with Gasteiger partial charge in [-0.1, -0.05) is 40.0 Å². The minimum Gasteiger partial charge on any atom is -0.312 e. The number of hydrogen-bond acceptors (Lipinski definition) is 2. The maximum Gasteiger partial charge on any atom is 0.0308 e. The Hall–Kier alpha value is -0.0800. The molecule has 1 atom stereocenters. The van der Waals surface area contributed by atoms with E-state index in [-0.39, 0.29) is 5.54 Å². The number of nitrogens with one attached hydrogen (secondary N) is 1. The summed E-state index contributed by atoms with van der Waals surface area (Å²) < 4.78 is 0. The number of piperidine rings is 1. The number of nitrogens with zero attached hydrogens (tertiary/aromatic N) is 1. The van der Waals surface area contributed by atoms with E-state index in [1.807, 2.05) is 0 Å². The molecular weight excluding hydrogens is 232 g/mol. The molecule has 1 heterocycles. The Labute approximate surface area is 121 Å². The zero-order chi connectivity index (χ0) is 14.3. The number of hydrogen-bond donors (Lipinski definition) is 1. The predicted octanol–water partition coefficient (Wildman–Crippen LogP) is 4.06. The molecule has 1 saturated heterocycles. The van der Waals surface area contributed by atoms with Crippen molar-refractivity contribution in [1.82, 2.24) is 10.2 Å². The maximum atomic E-state index is 3.87. The van der Waals surface area contributed by atoms with E-state index in [1.54, 1.807) is 0 Å². The molecule has 0 aromatic heterocycles. The Morgan fingerprint density at radius 2 is 1.58 bits per heavy atom. The van der Waals surface area contributed by atoms with Gasteiger partial charge in [0.1, 0.15) is 0 Å². The third-order valence-corrected chi connectivity index (χ3v) is 5.07. The summed E-state index contributed by atoms with van der Waals surface area (Å²) >= 11 is 0. The van der Waals surface area contributed by atoms with Gasteiger partial charge < -0.3 is 5.32 Å². The van der Waals surface area contributed by atoms with E-state index in [2.05, 4.69) is 44.8 Å². The van der Waals surface area contributed by atoms with Crippen LogP contribution in [-0.4, -0.2) is 36.1 Å². The molecule has 0 saturated carbocycles. The van der Waals surface area contributed by atoms with Gasteiger partial charge in [-0.25, -0.2) is 0 Å². The predicted molar refractivity (Wildman–Crippen MR) is 85.7 cm³/mol. The lowest BCUT2D eigenvalue weighted by Gasteiger charge is -2.49. The molecular formula is C17H36N2. The van der Waals surface area contributed by atoms with Crippen LogP contribution in [0.25, 0.3) is 0 Å². The van der Waals surface area contributed by atoms with E-state index in [1.165, 1.54) is 51.6 Å². The van der Waals surface area contributed by atoms with Crippen LogP contribution in [0.1, 0.15) is 73.1 Å². The van der Waals surface area contributed by atoms with Gasteiger partial charge in [0, 0.05) is 11.6 Å². The standard InChI is InChI=1S/C17H36N2/c1-6-12-18-16(15(7-2)8-3)17(4,5)19-13-10-9-11-14-19/h15-16,18H,6-14H2,1-5H3. The van der Waals surface area contributed by atoms with Crippen LogP contribution in [0.2, 0.25) is 0 Å². The maximum absolute atomic E-state index is 3.87. The molecule has 2 heteroatoms. The molecule has 0 amide bonds. The van der Waals surface area contributed by atoms with Crippen LogP contribution in [0, 0.1) is 5.92 Å². The third kappa shape index (κ3) is 4.46. The quantitative estimate of drug-likeness (QED) is 0.714. The van der Waals surface area contributed by atoms with Gasteiger partial charge in [0.2, 0.25) is 0 Å². The Morgan fingerprint density at radius 3 is 2.05 bits per heavy atom. The van der Waals surface area contributed by atoms with Gasteiger partial charge in [-0.3, -0.25) is 4.90 Å². The smallest absolute Gasteiger partial charge is 0.0308 e. The molecule has 19 heavy (non-hydrogen) atoms. The Kier molecular flexibility index (Phi) is 7.38. The third-order valence-electron chi connectivity index (χ3n) is 5.07. The average molecular weight is 268 g/mol. The van der Waals surface area contributed by atoms with Crippen molar-refractivity contribution >= 4 is 0 Å². The van der Waals surface area contributed by atoms with Gasteiger partial charge in [-0.2, -0.15) is 0 Å². The summed E-state index contributed by atoms with van der Waals surface area (Å²) in [6.45, 7) is 15.6. The van der Waals surface area contributed by atoms with Crippen molar-refractivity contribution in [2.75, 3.05) is 19.6 Å². The molecule has 0 spiro atoms. The van der Waals surface area contributed by atoms with Crippen LogP contribution >= 0.6 is 0 Å². The molecule has 0 aliphatic carbocycles. The highest BCUT2D eigenvalue weighted by Crippen LogP contribution is 2.30. The van der Waals surface area contributed by atoms with E-state index in [4.69, 9.17) is 0 Å². The van der Waals surface area contributed by atoms with E-state index in [9.17, 15) is 0 Å². The lowest BCUT2D eigenvalue weighted by molar-refractivity contribution is 0.0382. The van der Waals surface area contributed by atoms with Gasteiger partial charge in [0.25, 0.3) is 0 Å². The normalized spacial score (nSPS) is 19.9. The van der Waals surface area contributed by atoms with Crippen molar-refractivity contribution in [2.45, 2.75) is 84.7 Å². The minimum absolute atomic E-state index is 0.284. The van der Waals surface area contributed by atoms with Crippen molar-refractivity contribution in [3.05, 3.63) is 0 Å². The zero-order valence-electron chi connectivity index (χ0n) is 14.0. The Morgan fingerprint density at radius 1 is 1.00 bits per heavy atom. The van der Waals surface area contributed by atoms with Crippen molar-refractivity contribution in [3.8, 4) is 0 Å². The van der Waals surface area contributed by atoms with Crippen LogP contribution in [0.4, 0.5) is 0 Å². The van der Waals surface area contributed by atoms with Gasteiger partial charge >= 0.3 is 0 Å². The lowest BCUT2D eigenvalue weighted by atomic mass is 9.79. The Bertz CT molecular complexity index is 227. The number of likely N-dealkylation sites (tertiary alicyclic amines) is 1. The van der Waals surface area contributed by atoms with Gasteiger partial charge in [-0.05, 0) is 58.7 Å². The van der Waals surface area contributed by atoms with Crippen LogP contribution in [0.15, 0.2) is 0 Å². The molecule has 0 bridgehead atoms. The zero-order valence-corrected chi connectivity index (χ0v) is 14.0. The summed E-state index contributed by atoms with van der Waals surface area (Å²) in [4.78, 5) is 2.74. The van der Waals surface area contributed by atoms with Crippen molar-refractivity contribution < 1.29 is 0 Å². The lowest BCUT2D eigenvalue weighted by Crippen LogP contribution is -2.61. The highest BCUT2D eigenvalue weighted by atomic mass is 15.2. The van der Waals surface area contributed by atoms with E-state index in [0.717, 1.165) is 12.5 Å². The van der Waals surface area contributed by atoms with E-state index in [0.29, 0.717) is 6.04 Å². The van der Waals surface area contributed by atoms with Crippen LogP contribution < -0.4 is 5.32 Å². The first-order chi connectivity index (χ1) is 9.07. The van der Waals surface area contributed by atoms with Crippen LogP contribution in [-0.2, 0) is 0 Å². The summed E-state index contributed by atoms with van der Waals surface area (Å²) in [6.07, 6.45) is 7.99. The number of rotatable bonds is 8. The summed E-state index contributed by atoms with van der Waals surface area (Å²) in [6, 6.07) is 0.626. The Balaban J connectivity index is 2.79. The first-order valence-electron chi connectivity index (χ1n) is 8.56. The molecule has 114 valence electrons. The second-order valence-electron chi connectivity index (χ2n) is 6.71. The average Bonchev–Trinajstić information content (AvgIpc) is 2.44. The van der Waals surface area contributed by atoms with Crippen molar-refractivity contribution in [1.29, 1.82) is 0 Å². The fourth-order valence-electron chi connectivity index (χ4n) is 3.72. The first kappa shape index (κ1) is 17.0. The summed E-state index contributed by atoms with van der Waals surface area (Å²) in [5.74, 6) is 0.795. The molecule has 1 aliphatic rings. The first-order valence-corrected chi connectivity index (χ1v) is 8.56. The molecule has 0 aromatic rings. The molecule has 2 nitrogen and oxygen atoms in total. The molecule has 0 aromatic carbocycles. The molecule has 1 unspecified atom stereocenters. The van der Waals surface area contributed by atoms with Gasteiger partial charge in [-0.15, -0.1) is 0 Å². The highest BCUT2D eigenvalue weighted by molar-refractivity contribution is 4.97. The molecule has 1 aliphatic heterocycles. The van der Waals surface area contributed by atoms with E-state index < -0.39 is 0 Å². The fourth-order valence-corrected chi connectivity index (χ4v) is 3.72. The molecule has 1 N–H and O–H groups in total. The minimum atomic E-state index is 0.284. The topological polar surface area (TPSA) is 15.3 Å². The molecule has 0 radical (unpaired) electrons. The van der Waals surface area contributed by atoms with E-state index >= 15 is 0 Å². The van der Waals surface area contributed by atoms with Crippen LogP contribution in [0.5, 0.6) is 0 Å². The second-order valence-corrected chi connectivity index (χ2v) is 6.71. The molecule has 1 rings (SSSR count). The SMILES string of the molecule is CCCNC(C(CC)CC)C(C)(C)N1CCCCC1. The fraction of sp³-hybridized carbons (Fsp3) is 1.00. The van der Waals surface area contributed by atoms with Gasteiger partial charge in [0.15, 0.2) is 0 Å². The second kappa shape index (κ2) is 8.26. The van der Waals surface area contributed by atoms with Crippen molar-refractivity contribution in [3.63, 3.8) is 0 Å². The summed E-state index contributed by atoms with van der Waals surface area (Å²) in [5, 5.41) is 3.87. The van der Waals surface area contributed by atoms with Crippen molar-refractivity contribution in [2.24, 2.45) is 5.92 Å². The summed E-state index contributed by atoms with van der Waals surface area (Å²) in [5.41, 5.74) is 0.284. The molecule has 1 fully saturated rings. The summed E-state index contributed by atoms with van der Waals surface area (Å²) in [7, 11) is 0.